The number of carbonyl (C=O) groups excluding carboxylic acids is 1. The van der Waals surface area contributed by atoms with Gasteiger partial charge in [0.05, 0.1) is 4.47 Å². The molecule has 2 fully saturated rings. The summed E-state index contributed by atoms with van der Waals surface area (Å²) in [7, 11) is 0. The summed E-state index contributed by atoms with van der Waals surface area (Å²) >= 11 is 3.16. The van der Waals surface area contributed by atoms with Crippen molar-refractivity contribution in [1.29, 1.82) is 0 Å². The molecule has 102 valence electrons. The molecule has 0 heterocycles. The smallest absolute Gasteiger partial charge is 0.137 e. The van der Waals surface area contributed by atoms with Crippen LogP contribution < -0.4 is 0 Å². The van der Waals surface area contributed by atoms with Gasteiger partial charge in [0.1, 0.15) is 11.6 Å². The fraction of sp³-hybridized carbons (Fsp3) is 0.562. The fourth-order valence-electron chi connectivity index (χ4n) is 3.87. The summed E-state index contributed by atoms with van der Waals surface area (Å²) in [4.78, 5) is 12.1. The van der Waals surface area contributed by atoms with E-state index in [0.29, 0.717) is 22.6 Å². The lowest BCUT2D eigenvalue weighted by Crippen LogP contribution is -2.16. The van der Waals surface area contributed by atoms with Crippen LogP contribution in [0.1, 0.15) is 37.7 Å². The van der Waals surface area contributed by atoms with Crippen LogP contribution in [0.4, 0.5) is 4.39 Å². The van der Waals surface area contributed by atoms with Crippen LogP contribution in [0.5, 0.6) is 0 Å². The average Bonchev–Trinajstić information content (AvgIpc) is 2.96. The van der Waals surface area contributed by atoms with Gasteiger partial charge < -0.3 is 0 Å². The number of hydrogen-bond donors (Lipinski definition) is 0. The lowest BCUT2D eigenvalue weighted by atomic mass is 9.84. The third kappa shape index (κ3) is 2.91. The van der Waals surface area contributed by atoms with Gasteiger partial charge in [-0.2, -0.15) is 0 Å². The Bertz CT molecular complexity index is 500. The van der Waals surface area contributed by atoms with Crippen molar-refractivity contribution in [1.82, 2.24) is 0 Å². The molecule has 3 atom stereocenters. The van der Waals surface area contributed by atoms with Gasteiger partial charge in [0.15, 0.2) is 0 Å². The molecule has 0 spiro atoms. The van der Waals surface area contributed by atoms with Crippen LogP contribution in [0.3, 0.4) is 0 Å². The molecular weight excluding hydrogens is 307 g/mol. The first kappa shape index (κ1) is 13.3. The van der Waals surface area contributed by atoms with Crippen molar-refractivity contribution in [3.05, 3.63) is 34.1 Å². The van der Waals surface area contributed by atoms with Gasteiger partial charge in [0, 0.05) is 12.8 Å². The Kier molecular flexibility index (Phi) is 3.75. The van der Waals surface area contributed by atoms with Gasteiger partial charge in [0.25, 0.3) is 0 Å². The molecule has 1 aromatic carbocycles. The minimum Gasteiger partial charge on any atom is -0.299 e. The van der Waals surface area contributed by atoms with Gasteiger partial charge in [-0.1, -0.05) is 12.5 Å². The van der Waals surface area contributed by atoms with Gasteiger partial charge >= 0.3 is 0 Å². The number of ketones is 1. The van der Waals surface area contributed by atoms with E-state index in [2.05, 4.69) is 15.9 Å². The third-order valence-corrected chi connectivity index (χ3v) is 5.37. The molecule has 0 amide bonds. The molecular formula is C16H18BrFO. The predicted molar refractivity (Wildman–Crippen MR) is 76.4 cm³/mol. The van der Waals surface area contributed by atoms with Gasteiger partial charge in [-0.05, 0) is 70.6 Å². The second-order valence-electron chi connectivity index (χ2n) is 6.10. The quantitative estimate of drug-likeness (QED) is 0.795. The first-order chi connectivity index (χ1) is 9.11. The van der Waals surface area contributed by atoms with Crippen molar-refractivity contribution >= 4 is 21.7 Å². The van der Waals surface area contributed by atoms with Gasteiger partial charge in [-0.25, -0.2) is 4.39 Å². The summed E-state index contributed by atoms with van der Waals surface area (Å²) < 4.78 is 13.6. The van der Waals surface area contributed by atoms with E-state index in [1.165, 1.54) is 31.7 Å². The normalized spacial score (nSPS) is 28.8. The molecule has 0 saturated heterocycles. The summed E-state index contributed by atoms with van der Waals surface area (Å²) in [6, 6.07) is 4.84. The lowest BCUT2D eigenvalue weighted by Gasteiger charge is -2.20. The number of fused-ring (bicyclic) bond motifs is 2. The highest BCUT2D eigenvalue weighted by atomic mass is 79.9. The number of hydrogen-bond acceptors (Lipinski definition) is 1. The van der Waals surface area contributed by atoms with Crippen molar-refractivity contribution in [2.75, 3.05) is 0 Å². The van der Waals surface area contributed by atoms with E-state index in [1.54, 1.807) is 12.1 Å². The Morgan fingerprint density at radius 1 is 1.32 bits per heavy atom. The Morgan fingerprint density at radius 3 is 2.79 bits per heavy atom. The fourth-order valence-corrected chi connectivity index (χ4v) is 4.29. The third-order valence-electron chi connectivity index (χ3n) is 4.76. The summed E-state index contributed by atoms with van der Waals surface area (Å²) in [6.07, 6.45) is 6.46. The maximum absolute atomic E-state index is 13.1. The Morgan fingerprint density at radius 2 is 2.16 bits per heavy atom. The first-order valence-corrected chi connectivity index (χ1v) is 7.86. The molecule has 3 unspecified atom stereocenters. The highest BCUT2D eigenvalue weighted by molar-refractivity contribution is 9.10. The van der Waals surface area contributed by atoms with Gasteiger partial charge in [-0.3, -0.25) is 4.79 Å². The number of Topliss-reactive ketones (excluding diaryl/α,β-unsaturated/α-hetero) is 1. The SMILES string of the molecule is O=C(Cc1ccc(F)c(Br)c1)CC1CC2CCC1C2. The second-order valence-corrected chi connectivity index (χ2v) is 6.96. The maximum Gasteiger partial charge on any atom is 0.137 e. The topological polar surface area (TPSA) is 17.1 Å². The molecule has 2 aliphatic rings. The van der Waals surface area contributed by atoms with Crippen molar-refractivity contribution in [2.45, 2.75) is 38.5 Å². The van der Waals surface area contributed by atoms with E-state index in [-0.39, 0.29) is 5.82 Å². The highest BCUT2D eigenvalue weighted by Gasteiger charge is 2.39. The summed E-state index contributed by atoms with van der Waals surface area (Å²) in [5.74, 6) is 2.34. The Labute approximate surface area is 121 Å². The van der Waals surface area contributed by atoms with Gasteiger partial charge in [-0.15, -0.1) is 0 Å². The molecule has 0 aliphatic heterocycles. The van der Waals surface area contributed by atoms with Crippen LogP contribution in [-0.4, -0.2) is 5.78 Å². The van der Waals surface area contributed by atoms with Crippen molar-refractivity contribution in [3.63, 3.8) is 0 Å². The van der Waals surface area contributed by atoms with Gasteiger partial charge in [0.2, 0.25) is 0 Å². The average molecular weight is 325 g/mol. The summed E-state index contributed by atoms with van der Waals surface area (Å²) in [6.45, 7) is 0. The van der Waals surface area contributed by atoms with E-state index in [9.17, 15) is 9.18 Å². The standard InChI is InChI=1S/C16H18BrFO/c17-15-8-11(2-4-16(15)18)7-14(19)9-13-6-10-1-3-12(13)5-10/h2,4,8,10,12-13H,1,3,5-7,9H2. The molecule has 3 heteroatoms. The zero-order chi connectivity index (χ0) is 13.4. The molecule has 2 saturated carbocycles. The highest BCUT2D eigenvalue weighted by Crippen LogP contribution is 2.49. The predicted octanol–water partition coefficient (Wildman–Crippen LogP) is 4.53. The molecule has 3 rings (SSSR count). The minimum absolute atomic E-state index is 0.274. The zero-order valence-electron chi connectivity index (χ0n) is 10.9. The van der Waals surface area contributed by atoms with E-state index >= 15 is 0 Å². The van der Waals surface area contributed by atoms with Crippen LogP contribution in [-0.2, 0) is 11.2 Å². The number of rotatable bonds is 4. The molecule has 2 aliphatic carbocycles. The van der Waals surface area contributed by atoms with Crippen LogP contribution >= 0.6 is 15.9 Å². The molecule has 0 radical (unpaired) electrons. The van der Waals surface area contributed by atoms with Crippen molar-refractivity contribution in [3.8, 4) is 0 Å². The maximum atomic E-state index is 13.1. The Balaban J connectivity index is 1.57. The van der Waals surface area contributed by atoms with E-state index in [0.717, 1.165) is 23.8 Å². The van der Waals surface area contributed by atoms with Crippen LogP contribution in [0, 0.1) is 23.6 Å². The molecule has 0 aromatic heterocycles. The van der Waals surface area contributed by atoms with Crippen molar-refractivity contribution in [2.24, 2.45) is 17.8 Å². The first-order valence-electron chi connectivity index (χ1n) is 7.07. The number of halogens is 2. The van der Waals surface area contributed by atoms with Crippen LogP contribution in [0.15, 0.2) is 22.7 Å². The van der Waals surface area contributed by atoms with E-state index in [1.807, 2.05) is 0 Å². The summed E-state index contributed by atoms with van der Waals surface area (Å²) in [5.41, 5.74) is 0.904. The number of benzene rings is 1. The van der Waals surface area contributed by atoms with E-state index in [4.69, 9.17) is 0 Å². The molecule has 19 heavy (non-hydrogen) atoms. The van der Waals surface area contributed by atoms with E-state index < -0.39 is 0 Å². The minimum atomic E-state index is -0.274. The van der Waals surface area contributed by atoms with Crippen molar-refractivity contribution < 1.29 is 9.18 Å². The van der Waals surface area contributed by atoms with Crippen LogP contribution in [0.2, 0.25) is 0 Å². The summed E-state index contributed by atoms with van der Waals surface area (Å²) in [5, 5.41) is 0. The molecule has 1 aromatic rings. The lowest BCUT2D eigenvalue weighted by molar-refractivity contribution is -0.119. The molecule has 0 N–H and O–H groups in total. The zero-order valence-corrected chi connectivity index (χ0v) is 12.5. The molecule has 1 nitrogen and oxygen atoms in total. The number of carbonyl (C=O) groups is 1. The monoisotopic (exact) mass is 324 g/mol. The second kappa shape index (κ2) is 5.35. The largest absolute Gasteiger partial charge is 0.299 e. The molecule has 2 bridgehead atoms. The Hall–Kier alpha value is -0.700. The van der Waals surface area contributed by atoms with Crippen LogP contribution in [0.25, 0.3) is 0 Å².